The van der Waals surface area contributed by atoms with Gasteiger partial charge in [-0.3, -0.25) is 10.1 Å². The Morgan fingerprint density at radius 3 is 2.65 bits per heavy atom. The molecule has 9 heteroatoms. The summed E-state index contributed by atoms with van der Waals surface area (Å²) in [5.74, 6) is -0.999. The molecule has 34 heavy (non-hydrogen) atoms. The van der Waals surface area contributed by atoms with Gasteiger partial charge in [0.15, 0.2) is 0 Å². The van der Waals surface area contributed by atoms with Crippen molar-refractivity contribution in [2.75, 3.05) is 5.32 Å². The summed E-state index contributed by atoms with van der Waals surface area (Å²) in [6.45, 7) is 0. The van der Waals surface area contributed by atoms with Gasteiger partial charge in [0.1, 0.15) is 0 Å². The van der Waals surface area contributed by atoms with Crippen LogP contribution in [0.25, 0.3) is 0 Å². The Morgan fingerprint density at radius 2 is 1.91 bits per heavy atom. The molecule has 5 atom stereocenters. The number of halogens is 2. The lowest BCUT2D eigenvalue weighted by Crippen LogP contribution is -2.32. The fraction of sp³-hybridized carbons (Fsp3) is 0.240. The summed E-state index contributed by atoms with van der Waals surface area (Å²) in [5.41, 5.74) is 2.82. The van der Waals surface area contributed by atoms with E-state index in [1.54, 1.807) is 30.3 Å². The van der Waals surface area contributed by atoms with Gasteiger partial charge in [-0.25, -0.2) is 4.79 Å². The first kappa shape index (κ1) is 23.2. The van der Waals surface area contributed by atoms with Crippen LogP contribution in [0.4, 0.5) is 11.4 Å². The molecule has 1 fully saturated rings. The average Bonchev–Trinajstić information content (AvgIpc) is 3.14. The fourth-order valence-corrected chi connectivity index (χ4v) is 7.58. The van der Waals surface area contributed by atoms with Crippen LogP contribution < -0.4 is 5.32 Å². The van der Waals surface area contributed by atoms with Crippen molar-refractivity contribution < 1.29 is 14.8 Å². The summed E-state index contributed by atoms with van der Waals surface area (Å²) >= 11 is 12.1. The zero-order valence-corrected chi connectivity index (χ0v) is 20.9. The SMILES string of the molecule is O=C(O)c1cccc2c1N[C@@H](c1cccc(Br)c1)[C@H]1C[C@H](Sc3ccccc3[N+](=O)[O-])[C@@H](Cl)[C@@H]21. The average molecular weight is 560 g/mol. The molecule has 0 aromatic heterocycles. The predicted molar refractivity (Wildman–Crippen MR) is 137 cm³/mol. The zero-order valence-electron chi connectivity index (χ0n) is 17.7. The Balaban J connectivity index is 1.58. The van der Waals surface area contributed by atoms with Crippen molar-refractivity contribution in [3.05, 3.63) is 98.0 Å². The monoisotopic (exact) mass is 558 g/mol. The second-order valence-electron chi connectivity index (χ2n) is 8.50. The van der Waals surface area contributed by atoms with Crippen molar-refractivity contribution in [3.8, 4) is 0 Å². The van der Waals surface area contributed by atoms with Crippen molar-refractivity contribution in [3.63, 3.8) is 0 Å². The number of benzene rings is 3. The molecule has 0 unspecified atom stereocenters. The molecule has 0 spiro atoms. The number of carboxylic acid groups (broad SMARTS) is 1. The first-order chi connectivity index (χ1) is 16.3. The van der Waals surface area contributed by atoms with Gasteiger partial charge in [-0.2, -0.15) is 0 Å². The Hall–Kier alpha value is -2.55. The van der Waals surface area contributed by atoms with Crippen LogP contribution in [-0.2, 0) is 0 Å². The fourth-order valence-electron chi connectivity index (χ4n) is 5.22. The van der Waals surface area contributed by atoms with E-state index in [9.17, 15) is 20.0 Å². The van der Waals surface area contributed by atoms with Gasteiger partial charge >= 0.3 is 5.97 Å². The van der Waals surface area contributed by atoms with E-state index in [2.05, 4.69) is 21.2 Å². The lowest BCUT2D eigenvalue weighted by atomic mass is 9.76. The number of hydrogen-bond acceptors (Lipinski definition) is 5. The van der Waals surface area contributed by atoms with Gasteiger partial charge in [-0.05, 0) is 47.7 Å². The van der Waals surface area contributed by atoms with E-state index in [0.717, 1.165) is 22.0 Å². The lowest BCUT2D eigenvalue weighted by molar-refractivity contribution is -0.387. The molecule has 1 aliphatic heterocycles. The van der Waals surface area contributed by atoms with Crippen molar-refractivity contribution in [2.24, 2.45) is 5.92 Å². The maximum Gasteiger partial charge on any atom is 0.337 e. The Bertz CT molecular complexity index is 1290. The van der Waals surface area contributed by atoms with Gasteiger partial charge in [0.25, 0.3) is 5.69 Å². The van der Waals surface area contributed by atoms with Crippen molar-refractivity contribution >= 4 is 56.6 Å². The minimum atomic E-state index is -0.995. The number of aromatic carboxylic acids is 1. The molecular weight excluding hydrogens is 540 g/mol. The number of nitrogens with one attached hydrogen (secondary N) is 1. The molecule has 6 nitrogen and oxygen atoms in total. The van der Waals surface area contributed by atoms with Crippen LogP contribution in [0.3, 0.4) is 0 Å². The number of fused-ring (bicyclic) bond motifs is 3. The van der Waals surface area contributed by atoms with Crippen LogP contribution in [-0.4, -0.2) is 26.6 Å². The number of hydrogen-bond donors (Lipinski definition) is 2. The normalized spacial score (nSPS) is 25.2. The van der Waals surface area contributed by atoms with Crippen LogP contribution in [0.5, 0.6) is 0 Å². The molecule has 1 aliphatic carbocycles. The smallest absolute Gasteiger partial charge is 0.337 e. The topological polar surface area (TPSA) is 92.5 Å². The second kappa shape index (κ2) is 9.24. The quantitative estimate of drug-likeness (QED) is 0.197. The molecule has 5 rings (SSSR count). The molecule has 3 aromatic carbocycles. The van der Waals surface area contributed by atoms with Crippen LogP contribution in [0.1, 0.15) is 39.9 Å². The molecule has 0 bridgehead atoms. The van der Waals surface area contributed by atoms with Crippen molar-refractivity contribution in [1.82, 2.24) is 0 Å². The number of alkyl halides is 1. The van der Waals surface area contributed by atoms with Gasteiger partial charge in [-0.15, -0.1) is 23.4 Å². The Labute approximate surface area is 214 Å². The second-order valence-corrected chi connectivity index (χ2v) is 11.2. The lowest BCUT2D eigenvalue weighted by Gasteiger charge is -2.39. The number of nitrogens with zero attached hydrogens (tertiary/aromatic N) is 1. The molecule has 0 amide bonds. The minimum absolute atomic E-state index is 0.0708. The number of thioether (sulfide) groups is 1. The largest absolute Gasteiger partial charge is 0.478 e. The van der Waals surface area contributed by atoms with E-state index in [-0.39, 0.29) is 44.7 Å². The van der Waals surface area contributed by atoms with Gasteiger partial charge in [0.2, 0.25) is 0 Å². The van der Waals surface area contributed by atoms with E-state index < -0.39 is 5.97 Å². The molecule has 2 N–H and O–H groups in total. The van der Waals surface area contributed by atoms with Crippen LogP contribution in [0.2, 0.25) is 0 Å². The first-order valence-electron chi connectivity index (χ1n) is 10.8. The highest BCUT2D eigenvalue weighted by Crippen LogP contribution is 2.58. The Morgan fingerprint density at radius 1 is 1.15 bits per heavy atom. The summed E-state index contributed by atoms with van der Waals surface area (Å²) in [6.07, 6.45) is 0.733. The van der Waals surface area contributed by atoms with Gasteiger partial charge in [0.05, 0.1) is 32.5 Å². The molecule has 174 valence electrons. The van der Waals surface area contributed by atoms with Crippen LogP contribution in [0.15, 0.2) is 76.1 Å². The molecule has 3 aromatic rings. The van der Waals surface area contributed by atoms with Gasteiger partial charge in [0, 0.05) is 21.7 Å². The molecular formula is C25H20BrClN2O4S. The minimum Gasteiger partial charge on any atom is -0.478 e. The van der Waals surface area contributed by atoms with Crippen molar-refractivity contribution in [2.45, 2.75) is 33.9 Å². The highest BCUT2D eigenvalue weighted by Gasteiger charge is 2.51. The maximum absolute atomic E-state index is 12.0. The molecule has 1 heterocycles. The number of nitro groups is 1. The maximum atomic E-state index is 12.0. The van der Waals surface area contributed by atoms with E-state index >= 15 is 0 Å². The Kier molecular flexibility index (Phi) is 6.31. The highest BCUT2D eigenvalue weighted by atomic mass is 79.9. The highest BCUT2D eigenvalue weighted by molar-refractivity contribution is 9.10. The number of nitro benzene ring substituents is 1. The summed E-state index contributed by atoms with van der Waals surface area (Å²) in [6, 6.07) is 19.8. The van der Waals surface area contributed by atoms with E-state index in [0.29, 0.717) is 10.6 Å². The molecule has 2 aliphatic rings. The van der Waals surface area contributed by atoms with E-state index in [4.69, 9.17) is 11.6 Å². The van der Waals surface area contributed by atoms with Crippen LogP contribution >= 0.6 is 39.3 Å². The summed E-state index contributed by atoms with van der Waals surface area (Å²) in [7, 11) is 0. The predicted octanol–water partition coefficient (Wildman–Crippen LogP) is 7.09. The number of para-hydroxylation sites is 2. The first-order valence-corrected chi connectivity index (χ1v) is 12.9. The van der Waals surface area contributed by atoms with E-state index in [1.165, 1.54) is 17.8 Å². The molecule has 1 saturated carbocycles. The zero-order chi connectivity index (χ0) is 24.0. The summed E-state index contributed by atoms with van der Waals surface area (Å²) in [5, 5.41) is 24.5. The summed E-state index contributed by atoms with van der Waals surface area (Å²) in [4.78, 5) is 23.8. The third kappa shape index (κ3) is 4.08. The van der Waals surface area contributed by atoms with Crippen LogP contribution in [0, 0.1) is 16.0 Å². The third-order valence-electron chi connectivity index (χ3n) is 6.63. The van der Waals surface area contributed by atoms with E-state index in [1.807, 2.05) is 30.3 Å². The number of carboxylic acids is 1. The van der Waals surface area contributed by atoms with Gasteiger partial charge < -0.3 is 10.4 Å². The number of carbonyl (C=O) groups is 1. The van der Waals surface area contributed by atoms with Gasteiger partial charge in [-0.1, -0.05) is 52.3 Å². The summed E-state index contributed by atoms with van der Waals surface area (Å²) < 4.78 is 0.937. The standard InChI is InChI=1S/C25H20BrClN2O4S/c26-14-6-3-5-13(11-14)23-17-12-20(34-19-10-2-1-9-18(19)29(32)33)22(27)21(17)15-7-4-8-16(25(30)31)24(15)28-23/h1-11,17,20-23,28H,12H2,(H,30,31)/t17-,20-,21-,22+,23-/m0/s1. The third-order valence-corrected chi connectivity index (χ3v) is 9.23. The number of anilines is 1. The van der Waals surface area contributed by atoms with Crippen molar-refractivity contribution in [1.29, 1.82) is 0 Å². The number of rotatable bonds is 5. The molecule has 0 radical (unpaired) electrons. The molecule has 0 saturated heterocycles.